The minimum Gasteiger partial charge on any atom is -0.455 e. The highest BCUT2D eigenvalue weighted by Gasteiger charge is 2.21. The van der Waals surface area contributed by atoms with Crippen LogP contribution in [0.2, 0.25) is 0 Å². The molecule has 0 aliphatic carbocycles. The van der Waals surface area contributed by atoms with Crippen LogP contribution in [0.3, 0.4) is 0 Å². The van der Waals surface area contributed by atoms with Gasteiger partial charge >= 0.3 is 0 Å². The van der Waals surface area contributed by atoms with Crippen LogP contribution in [-0.4, -0.2) is 9.13 Å². The van der Waals surface area contributed by atoms with Gasteiger partial charge in [-0.25, -0.2) is 0 Å². The van der Waals surface area contributed by atoms with E-state index in [-0.39, 0.29) is 0 Å². The number of benzene rings is 11. The molecule has 0 radical (unpaired) electrons. The van der Waals surface area contributed by atoms with Gasteiger partial charge in [0.05, 0.1) is 22.1 Å². The van der Waals surface area contributed by atoms with Crippen LogP contribution in [0.15, 0.2) is 259 Å². The molecule has 0 saturated heterocycles. The lowest BCUT2D eigenvalue weighted by atomic mass is 9.97. The number of rotatable bonds is 7. The molecule has 3 aromatic heterocycles. The largest absolute Gasteiger partial charge is 0.455 e. The van der Waals surface area contributed by atoms with Crippen molar-refractivity contribution in [1.29, 1.82) is 0 Å². The van der Waals surface area contributed by atoms with Gasteiger partial charge in [-0.05, 0) is 129 Å². The van der Waals surface area contributed by atoms with E-state index in [1.807, 2.05) is 0 Å². The molecule has 0 bridgehead atoms. The van der Waals surface area contributed by atoms with Crippen molar-refractivity contribution in [3.63, 3.8) is 0 Å². The summed E-state index contributed by atoms with van der Waals surface area (Å²) in [4.78, 5) is 0. The van der Waals surface area contributed by atoms with Gasteiger partial charge in [0.2, 0.25) is 0 Å². The Morgan fingerprint density at radius 3 is 1.20 bits per heavy atom. The Bertz CT molecular complexity index is 4260. The first-order valence-corrected chi connectivity index (χ1v) is 23.6. The van der Waals surface area contributed by atoms with Gasteiger partial charge in [0, 0.05) is 49.3 Å². The lowest BCUT2D eigenvalue weighted by molar-refractivity contribution is 0.670. The van der Waals surface area contributed by atoms with Crippen LogP contribution in [0.1, 0.15) is 0 Å². The van der Waals surface area contributed by atoms with Gasteiger partial charge < -0.3 is 13.6 Å². The maximum atomic E-state index is 6.86. The van der Waals surface area contributed by atoms with Crippen LogP contribution in [0.25, 0.3) is 133 Å². The average Bonchev–Trinajstić information content (AvgIpc) is 4.08. The first kappa shape index (κ1) is 39.0. The highest BCUT2D eigenvalue weighted by molar-refractivity contribution is 6.15. The van der Waals surface area contributed by atoms with Crippen molar-refractivity contribution in [2.75, 3.05) is 0 Å². The van der Waals surface area contributed by atoms with Crippen LogP contribution in [0, 0.1) is 0 Å². The Hall–Kier alpha value is -9.18. The molecule has 3 heteroatoms. The number of para-hydroxylation sites is 2. The zero-order valence-corrected chi connectivity index (χ0v) is 37.6. The molecule has 14 aromatic rings. The predicted octanol–water partition coefficient (Wildman–Crippen LogP) is 18.1. The lowest BCUT2D eigenvalue weighted by Gasteiger charge is -2.13. The third-order valence-corrected chi connectivity index (χ3v) is 14.1. The smallest absolute Gasteiger partial charge is 0.143 e. The molecule has 11 aromatic carbocycles. The van der Waals surface area contributed by atoms with Crippen molar-refractivity contribution in [3.05, 3.63) is 255 Å². The molecule has 14 rings (SSSR count). The number of hydrogen-bond donors (Lipinski definition) is 0. The Balaban J connectivity index is 0.960. The number of nitrogens with zero attached hydrogens (tertiary/aromatic N) is 2. The number of fused-ring (bicyclic) bond motifs is 9. The summed E-state index contributed by atoms with van der Waals surface area (Å²) >= 11 is 0. The summed E-state index contributed by atoms with van der Waals surface area (Å²) in [5.41, 5.74) is 20.3. The zero-order valence-electron chi connectivity index (χ0n) is 37.6. The first-order chi connectivity index (χ1) is 34.2. The molecule has 0 spiro atoms. The van der Waals surface area contributed by atoms with Crippen molar-refractivity contribution >= 4 is 65.6 Å². The van der Waals surface area contributed by atoms with Gasteiger partial charge in [-0.15, -0.1) is 0 Å². The van der Waals surface area contributed by atoms with E-state index in [9.17, 15) is 0 Å². The number of furan rings is 1. The normalized spacial score (nSPS) is 11.8. The highest BCUT2D eigenvalue weighted by Crippen LogP contribution is 2.43. The van der Waals surface area contributed by atoms with Crippen molar-refractivity contribution in [1.82, 2.24) is 9.13 Å². The van der Waals surface area contributed by atoms with E-state index in [0.717, 1.165) is 61.0 Å². The van der Waals surface area contributed by atoms with E-state index in [0.29, 0.717) is 0 Å². The topological polar surface area (TPSA) is 23.0 Å². The van der Waals surface area contributed by atoms with Gasteiger partial charge in [-0.2, -0.15) is 0 Å². The van der Waals surface area contributed by atoms with Crippen LogP contribution in [0.5, 0.6) is 0 Å². The minimum atomic E-state index is 0.871. The number of hydrogen-bond acceptors (Lipinski definition) is 1. The Morgan fingerprint density at radius 1 is 0.232 bits per heavy atom. The standard InChI is InChI=1S/C66H42N2O/c1-5-15-43(16-6-1)46-25-27-47(28-26-46)55-41-53(42-60-59-40-49(45-19-9-3-10-20-45)32-36-65(59)69-66(55)60)68-61-24-14-13-23-54(61)56-38-50(30-34-62(56)68)51-31-35-64-58(39-51)57-37-48(44-17-7-2-8-18-44)29-33-63(57)67(64)52-21-11-4-12-22-52/h1-42H. The molecule has 0 amide bonds. The predicted molar refractivity (Wildman–Crippen MR) is 290 cm³/mol. The molecule has 322 valence electrons. The molecular weight excluding hydrogens is 837 g/mol. The van der Waals surface area contributed by atoms with Crippen LogP contribution < -0.4 is 0 Å². The molecular formula is C66H42N2O. The van der Waals surface area contributed by atoms with Gasteiger partial charge in [0.1, 0.15) is 11.2 Å². The molecule has 0 unspecified atom stereocenters. The summed E-state index contributed by atoms with van der Waals surface area (Å²) in [6.45, 7) is 0. The molecule has 0 atom stereocenters. The molecule has 3 heterocycles. The van der Waals surface area contributed by atoms with Crippen LogP contribution in [-0.2, 0) is 0 Å². The third kappa shape index (κ3) is 6.43. The van der Waals surface area contributed by atoms with E-state index < -0.39 is 0 Å². The minimum absolute atomic E-state index is 0.871. The van der Waals surface area contributed by atoms with E-state index >= 15 is 0 Å². The van der Waals surface area contributed by atoms with Crippen molar-refractivity contribution in [2.24, 2.45) is 0 Å². The Kier molecular flexibility index (Phi) is 8.90. The third-order valence-electron chi connectivity index (χ3n) is 14.1. The second-order valence-corrected chi connectivity index (χ2v) is 18.1. The molecule has 0 aliphatic heterocycles. The lowest BCUT2D eigenvalue weighted by Crippen LogP contribution is -1.95. The maximum absolute atomic E-state index is 6.86. The molecule has 69 heavy (non-hydrogen) atoms. The van der Waals surface area contributed by atoms with Gasteiger partial charge in [-0.3, -0.25) is 0 Å². The molecule has 0 fully saturated rings. The fourth-order valence-corrected chi connectivity index (χ4v) is 10.8. The average molecular weight is 879 g/mol. The van der Waals surface area contributed by atoms with Crippen molar-refractivity contribution in [2.45, 2.75) is 0 Å². The summed E-state index contributed by atoms with van der Waals surface area (Å²) in [6, 6.07) is 92.4. The van der Waals surface area contributed by atoms with Gasteiger partial charge in [-0.1, -0.05) is 176 Å². The monoisotopic (exact) mass is 878 g/mol. The molecule has 0 aliphatic rings. The molecule has 3 nitrogen and oxygen atoms in total. The SMILES string of the molecule is c1ccc(-c2ccc(-c3cc(-n4c5ccccc5c5cc(-c6ccc7c(c6)c6cc(-c8ccccc8)ccc6n7-c6ccccc6)ccc54)cc4c3oc3ccc(-c5ccccc5)cc34)cc2)cc1. The Morgan fingerprint density at radius 2 is 0.623 bits per heavy atom. The summed E-state index contributed by atoms with van der Waals surface area (Å²) in [5, 5.41) is 7.06. The fourth-order valence-electron chi connectivity index (χ4n) is 10.8. The summed E-state index contributed by atoms with van der Waals surface area (Å²) in [5.74, 6) is 0. The first-order valence-electron chi connectivity index (χ1n) is 23.6. The second-order valence-electron chi connectivity index (χ2n) is 18.1. The summed E-state index contributed by atoms with van der Waals surface area (Å²) < 4.78 is 11.7. The fraction of sp³-hybridized carbons (Fsp3) is 0. The van der Waals surface area contributed by atoms with Crippen molar-refractivity contribution < 1.29 is 4.42 Å². The molecule has 0 saturated carbocycles. The Labute approximate surface area is 399 Å². The van der Waals surface area contributed by atoms with Crippen LogP contribution in [0.4, 0.5) is 0 Å². The second kappa shape index (κ2) is 15.7. The van der Waals surface area contributed by atoms with Crippen molar-refractivity contribution in [3.8, 4) is 67.0 Å². The van der Waals surface area contributed by atoms with E-state index in [1.165, 1.54) is 71.5 Å². The maximum Gasteiger partial charge on any atom is 0.143 e. The van der Waals surface area contributed by atoms with Crippen LogP contribution >= 0.6 is 0 Å². The molecule has 0 N–H and O–H groups in total. The summed E-state index contributed by atoms with van der Waals surface area (Å²) in [6.07, 6.45) is 0. The summed E-state index contributed by atoms with van der Waals surface area (Å²) in [7, 11) is 0. The van der Waals surface area contributed by atoms with E-state index in [4.69, 9.17) is 4.42 Å². The van der Waals surface area contributed by atoms with Gasteiger partial charge in [0.25, 0.3) is 0 Å². The van der Waals surface area contributed by atoms with Gasteiger partial charge in [0.15, 0.2) is 0 Å². The highest BCUT2D eigenvalue weighted by atomic mass is 16.3. The van der Waals surface area contributed by atoms with E-state index in [2.05, 4.69) is 264 Å². The quantitative estimate of drug-likeness (QED) is 0.156. The van der Waals surface area contributed by atoms with E-state index in [1.54, 1.807) is 0 Å². The number of aromatic nitrogens is 2. The zero-order chi connectivity index (χ0) is 45.4.